The van der Waals surface area contributed by atoms with E-state index in [-0.39, 0.29) is 23.5 Å². The van der Waals surface area contributed by atoms with Gasteiger partial charge in [-0.25, -0.2) is 9.07 Å². The van der Waals surface area contributed by atoms with Gasteiger partial charge in [-0.1, -0.05) is 13.8 Å². The smallest absolute Gasteiger partial charge is 0.255 e. The molecule has 0 spiro atoms. The molecule has 0 aliphatic rings. The molecule has 134 valence electrons. The van der Waals surface area contributed by atoms with E-state index in [2.05, 4.69) is 15.7 Å². The fourth-order valence-electron chi connectivity index (χ4n) is 2.46. The monoisotopic (exact) mass is 346 g/mol. The molecule has 1 aromatic heterocycles. The van der Waals surface area contributed by atoms with Crippen molar-refractivity contribution in [3.05, 3.63) is 47.0 Å². The lowest BCUT2D eigenvalue weighted by molar-refractivity contribution is -0.123. The molecular weight excluding hydrogens is 323 g/mol. The van der Waals surface area contributed by atoms with Crippen molar-refractivity contribution in [1.82, 2.24) is 20.4 Å². The van der Waals surface area contributed by atoms with Gasteiger partial charge in [0.1, 0.15) is 5.82 Å². The molecular formula is C18H23FN4O2. The fourth-order valence-corrected chi connectivity index (χ4v) is 2.46. The molecule has 2 rings (SSSR count). The van der Waals surface area contributed by atoms with Gasteiger partial charge in [0, 0.05) is 19.0 Å². The molecule has 2 N–H and O–H groups in total. The summed E-state index contributed by atoms with van der Waals surface area (Å²) in [6.07, 6.45) is 0. The number of amides is 2. The van der Waals surface area contributed by atoms with E-state index in [4.69, 9.17) is 0 Å². The third-order valence-electron chi connectivity index (χ3n) is 3.82. The van der Waals surface area contributed by atoms with Gasteiger partial charge in [0.05, 0.1) is 22.6 Å². The molecule has 0 aliphatic heterocycles. The maximum Gasteiger partial charge on any atom is 0.255 e. The summed E-state index contributed by atoms with van der Waals surface area (Å²) in [5.41, 5.74) is 2.43. The first-order chi connectivity index (χ1) is 11.8. The molecule has 0 fully saturated rings. The van der Waals surface area contributed by atoms with E-state index in [0.717, 1.165) is 0 Å². The van der Waals surface area contributed by atoms with Crippen molar-refractivity contribution in [2.24, 2.45) is 5.92 Å². The van der Waals surface area contributed by atoms with E-state index in [0.29, 0.717) is 35.7 Å². The lowest BCUT2D eigenvalue weighted by Crippen LogP contribution is -2.36. The van der Waals surface area contributed by atoms with Crippen LogP contribution < -0.4 is 10.6 Å². The molecule has 0 saturated heterocycles. The van der Waals surface area contributed by atoms with Gasteiger partial charge in [-0.3, -0.25) is 9.59 Å². The van der Waals surface area contributed by atoms with E-state index in [1.54, 1.807) is 30.7 Å². The molecule has 1 heterocycles. The summed E-state index contributed by atoms with van der Waals surface area (Å²) in [4.78, 5) is 23.9. The molecule has 0 saturated carbocycles. The van der Waals surface area contributed by atoms with Gasteiger partial charge in [0.25, 0.3) is 5.91 Å². The Bertz CT molecular complexity index is 766. The summed E-state index contributed by atoms with van der Waals surface area (Å²) in [6.45, 7) is 7.86. The predicted octanol–water partition coefficient (Wildman–Crippen LogP) is 2.13. The second-order valence-electron chi connectivity index (χ2n) is 6.14. The molecule has 0 aliphatic carbocycles. The lowest BCUT2D eigenvalue weighted by Gasteiger charge is -2.09. The van der Waals surface area contributed by atoms with Gasteiger partial charge >= 0.3 is 0 Å². The number of nitrogens with zero attached hydrogens (tertiary/aromatic N) is 2. The number of rotatable bonds is 6. The predicted molar refractivity (Wildman–Crippen MR) is 93.2 cm³/mol. The van der Waals surface area contributed by atoms with Crippen LogP contribution in [-0.4, -0.2) is 34.7 Å². The van der Waals surface area contributed by atoms with Crippen LogP contribution in [0.4, 0.5) is 4.39 Å². The molecule has 6 nitrogen and oxygen atoms in total. The summed E-state index contributed by atoms with van der Waals surface area (Å²) in [6, 6.07) is 5.92. The number of halogens is 1. The highest BCUT2D eigenvalue weighted by Gasteiger charge is 2.19. The van der Waals surface area contributed by atoms with Crippen LogP contribution >= 0.6 is 0 Å². The second kappa shape index (κ2) is 7.92. The molecule has 0 bridgehead atoms. The highest BCUT2D eigenvalue weighted by atomic mass is 19.1. The van der Waals surface area contributed by atoms with Crippen LogP contribution in [0.25, 0.3) is 5.69 Å². The Morgan fingerprint density at radius 1 is 1.12 bits per heavy atom. The Morgan fingerprint density at radius 2 is 1.72 bits per heavy atom. The Hall–Kier alpha value is -2.70. The molecule has 0 unspecified atom stereocenters. The van der Waals surface area contributed by atoms with E-state index in [1.165, 1.54) is 12.1 Å². The minimum absolute atomic E-state index is 0.0502. The molecule has 0 radical (unpaired) electrons. The Balaban J connectivity index is 2.05. The zero-order valence-electron chi connectivity index (χ0n) is 14.9. The number of carbonyl (C=O) groups excluding carboxylic acids is 2. The Kier molecular flexibility index (Phi) is 5.90. The number of aryl methyl sites for hydroxylation is 1. The van der Waals surface area contributed by atoms with Crippen LogP contribution in [0.3, 0.4) is 0 Å². The molecule has 2 aromatic rings. The van der Waals surface area contributed by atoms with Crippen LogP contribution in [0.15, 0.2) is 24.3 Å². The zero-order chi connectivity index (χ0) is 18.6. The zero-order valence-corrected chi connectivity index (χ0v) is 14.9. The normalized spacial score (nSPS) is 10.8. The molecule has 1 aromatic carbocycles. The topological polar surface area (TPSA) is 76.0 Å². The fraction of sp³-hybridized carbons (Fsp3) is 0.389. The highest BCUT2D eigenvalue weighted by molar-refractivity contribution is 5.96. The third kappa shape index (κ3) is 4.43. The van der Waals surface area contributed by atoms with Crippen LogP contribution in [0.2, 0.25) is 0 Å². The second-order valence-corrected chi connectivity index (χ2v) is 6.14. The number of hydrogen-bond donors (Lipinski definition) is 2. The van der Waals surface area contributed by atoms with Gasteiger partial charge in [-0.2, -0.15) is 5.10 Å². The van der Waals surface area contributed by atoms with Crippen molar-refractivity contribution in [3.63, 3.8) is 0 Å². The number of benzene rings is 1. The number of hydrogen-bond acceptors (Lipinski definition) is 3. The lowest BCUT2D eigenvalue weighted by atomic mass is 10.2. The van der Waals surface area contributed by atoms with Crippen LogP contribution in [0, 0.1) is 25.6 Å². The van der Waals surface area contributed by atoms with Gasteiger partial charge in [-0.15, -0.1) is 0 Å². The first kappa shape index (κ1) is 18.6. The van der Waals surface area contributed by atoms with E-state index in [1.807, 2.05) is 13.8 Å². The van der Waals surface area contributed by atoms with E-state index in [9.17, 15) is 14.0 Å². The molecule has 7 heteroatoms. The maximum absolute atomic E-state index is 13.1. The van der Waals surface area contributed by atoms with Crippen molar-refractivity contribution in [1.29, 1.82) is 0 Å². The number of aromatic nitrogens is 2. The maximum atomic E-state index is 13.1. The van der Waals surface area contributed by atoms with Crippen molar-refractivity contribution in [3.8, 4) is 5.69 Å². The van der Waals surface area contributed by atoms with Crippen LogP contribution in [0.5, 0.6) is 0 Å². The van der Waals surface area contributed by atoms with Crippen molar-refractivity contribution in [2.75, 3.05) is 13.1 Å². The summed E-state index contributed by atoms with van der Waals surface area (Å²) in [5.74, 6) is -0.714. The first-order valence-electron chi connectivity index (χ1n) is 8.19. The SMILES string of the molecule is Cc1nn(-c2ccc(F)cc2)c(C)c1C(=O)NCCNC(=O)C(C)C. The van der Waals surface area contributed by atoms with Gasteiger partial charge < -0.3 is 10.6 Å². The van der Waals surface area contributed by atoms with Gasteiger partial charge in [0.2, 0.25) is 5.91 Å². The largest absolute Gasteiger partial charge is 0.354 e. The summed E-state index contributed by atoms with van der Waals surface area (Å²) in [5, 5.41) is 9.90. The van der Waals surface area contributed by atoms with Crippen molar-refractivity contribution >= 4 is 11.8 Å². The Labute approximate surface area is 146 Å². The number of carbonyl (C=O) groups is 2. The standard InChI is InChI=1S/C18H23FN4O2/c1-11(2)17(24)20-9-10-21-18(25)16-12(3)22-23(13(16)4)15-7-5-14(19)6-8-15/h5-8,11H,9-10H2,1-4H3,(H,20,24)(H,21,25). The summed E-state index contributed by atoms with van der Waals surface area (Å²) < 4.78 is 14.7. The molecule has 25 heavy (non-hydrogen) atoms. The van der Waals surface area contributed by atoms with E-state index < -0.39 is 0 Å². The van der Waals surface area contributed by atoms with Crippen LogP contribution in [-0.2, 0) is 4.79 Å². The highest BCUT2D eigenvalue weighted by Crippen LogP contribution is 2.18. The summed E-state index contributed by atoms with van der Waals surface area (Å²) in [7, 11) is 0. The third-order valence-corrected chi connectivity index (χ3v) is 3.82. The minimum Gasteiger partial charge on any atom is -0.354 e. The quantitative estimate of drug-likeness (QED) is 0.787. The van der Waals surface area contributed by atoms with Gasteiger partial charge in [-0.05, 0) is 38.1 Å². The first-order valence-corrected chi connectivity index (χ1v) is 8.19. The molecule has 2 amide bonds. The average molecular weight is 346 g/mol. The Morgan fingerprint density at radius 3 is 2.32 bits per heavy atom. The number of nitrogens with one attached hydrogen (secondary N) is 2. The molecule has 0 atom stereocenters. The van der Waals surface area contributed by atoms with E-state index >= 15 is 0 Å². The average Bonchev–Trinajstić information content (AvgIpc) is 2.86. The van der Waals surface area contributed by atoms with Crippen LogP contribution in [0.1, 0.15) is 35.6 Å². The van der Waals surface area contributed by atoms with Gasteiger partial charge in [0.15, 0.2) is 0 Å². The van der Waals surface area contributed by atoms with Crippen molar-refractivity contribution in [2.45, 2.75) is 27.7 Å². The van der Waals surface area contributed by atoms with Crippen molar-refractivity contribution < 1.29 is 14.0 Å². The summed E-state index contributed by atoms with van der Waals surface area (Å²) >= 11 is 0. The minimum atomic E-state index is -0.327.